The molecular weight excluding hydrogens is 635 g/mol. The van der Waals surface area contributed by atoms with Gasteiger partial charge in [0, 0.05) is 27.5 Å². The highest BCUT2D eigenvalue weighted by Gasteiger charge is 2.31. The minimum absolute atomic E-state index is 0.0179. The third-order valence-electron chi connectivity index (χ3n) is 7.47. The molecule has 2 aliphatic heterocycles. The Morgan fingerprint density at radius 3 is 1.68 bits per heavy atom. The predicted molar refractivity (Wildman–Crippen MR) is 186 cm³/mol. The highest BCUT2D eigenvalue weighted by atomic mass is 32.2. The van der Waals surface area contributed by atoms with E-state index in [1.165, 1.54) is 0 Å². The number of carbonyl (C=O) groups is 4. The van der Waals surface area contributed by atoms with Crippen molar-refractivity contribution >= 4 is 51.4 Å². The molecule has 2 aliphatic rings. The second-order valence-corrected chi connectivity index (χ2v) is 13.2. The van der Waals surface area contributed by atoms with Crippen LogP contribution in [0.15, 0.2) is 102 Å². The summed E-state index contributed by atoms with van der Waals surface area (Å²) < 4.78 is 10.2. The minimum Gasteiger partial charge on any atom is -0.497 e. The Kier molecular flexibility index (Phi) is 11.1. The van der Waals surface area contributed by atoms with Crippen LogP contribution in [-0.2, 0) is 17.6 Å². The molecule has 9 nitrogen and oxygen atoms in total. The number of rotatable bonds is 10. The Morgan fingerprint density at radius 2 is 1.26 bits per heavy atom. The summed E-state index contributed by atoms with van der Waals surface area (Å²) in [6.07, 6.45) is 1.27. The molecule has 2 atom stereocenters. The number of carbonyl (C=O) groups excluding carboxylic acids is 4. The predicted octanol–water partition coefficient (Wildman–Crippen LogP) is 5.72. The van der Waals surface area contributed by atoms with Gasteiger partial charge >= 0.3 is 0 Å². The van der Waals surface area contributed by atoms with Crippen LogP contribution in [0.5, 0.6) is 11.5 Å². The molecule has 2 amide bonds. The summed E-state index contributed by atoms with van der Waals surface area (Å²) in [5, 5.41) is 2.52. The Bertz CT molecular complexity index is 1810. The van der Waals surface area contributed by atoms with Crippen LogP contribution in [0.3, 0.4) is 0 Å². The molecule has 4 aromatic rings. The van der Waals surface area contributed by atoms with Gasteiger partial charge in [0.25, 0.3) is 5.24 Å². The Balaban J connectivity index is 0.000000185. The van der Waals surface area contributed by atoms with Gasteiger partial charge in [0.15, 0.2) is 16.7 Å². The number of thioether (sulfide) groups is 2. The van der Waals surface area contributed by atoms with Gasteiger partial charge in [-0.1, -0.05) is 59.9 Å². The van der Waals surface area contributed by atoms with E-state index in [2.05, 4.69) is 10.3 Å². The molecule has 2 heterocycles. The summed E-state index contributed by atoms with van der Waals surface area (Å²) in [6, 6.07) is 29.0. The fourth-order valence-corrected chi connectivity index (χ4v) is 6.82. The van der Waals surface area contributed by atoms with Crippen molar-refractivity contribution in [3.05, 3.63) is 130 Å². The lowest BCUT2D eigenvalue weighted by Gasteiger charge is -2.09. The van der Waals surface area contributed by atoms with Gasteiger partial charge in [0.05, 0.1) is 26.0 Å². The number of imide groups is 1. The molecule has 3 N–H and O–H groups in total. The maximum absolute atomic E-state index is 12.6. The largest absolute Gasteiger partial charge is 0.497 e. The number of ether oxygens (including phenoxy) is 2. The van der Waals surface area contributed by atoms with Gasteiger partial charge in [0.1, 0.15) is 11.5 Å². The minimum atomic E-state index is -0.441. The zero-order chi connectivity index (χ0) is 33.3. The first-order valence-corrected chi connectivity index (χ1v) is 16.5. The van der Waals surface area contributed by atoms with Crippen LogP contribution in [0.4, 0.5) is 4.79 Å². The van der Waals surface area contributed by atoms with E-state index in [0.29, 0.717) is 44.8 Å². The second kappa shape index (κ2) is 15.6. The van der Waals surface area contributed by atoms with Crippen molar-refractivity contribution in [3.8, 4) is 11.5 Å². The Labute approximate surface area is 281 Å². The van der Waals surface area contributed by atoms with E-state index >= 15 is 0 Å². The van der Waals surface area contributed by atoms with Gasteiger partial charge < -0.3 is 15.2 Å². The number of nitrogens with two attached hydrogens (primary N) is 1. The van der Waals surface area contributed by atoms with Gasteiger partial charge in [0.2, 0.25) is 5.91 Å². The first-order chi connectivity index (χ1) is 22.7. The second-order valence-electron chi connectivity index (χ2n) is 10.7. The highest BCUT2D eigenvalue weighted by Crippen LogP contribution is 2.25. The molecule has 0 radical (unpaired) electrons. The van der Waals surface area contributed by atoms with Crippen molar-refractivity contribution in [2.75, 3.05) is 20.8 Å². The highest BCUT2D eigenvalue weighted by molar-refractivity contribution is 8.15. The van der Waals surface area contributed by atoms with E-state index in [1.54, 1.807) is 92.7 Å². The van der Waals surface area contributed by atoms with Crippen LogP contribution in [0.2, 0.25) is 0 Å². The maximum Gasteiger partial charge on any atom is 0.286 e. The summed E-state index contributed by atoms with van der Waals surface area (Å²) in [4.78, 5) is 52.3. The lowest BCUT2D eigenvalue weighted by molar-refractivity contribution is -0.118. The third kappa shape index (κ3) is 8.90. The fourth-order valence-electron chi connectivity index (χ4n) is 5.05. The van der Waals surface area contributed by atoms with E-state index < -0.39 is 5.25 Å². The molecule has 0 bridgehead atoms. The zero-order valence-corrected chi connectivity index (χ0v) is 27.4. The Hall–Kier alpha value is -4.87. The number of amides is 2. The summed E-state index contributed by atoms with van der Waals surface area (Å²) in [5.74, 6) is 1.07. The lowest BCUT2D eigenvalue weighted by atomic mass is 9.99. The average molecular weight is 668 g/mol. The summed E-state index contributed by atoms with van der Waals surface area (Å²) in [6.45, 7) is 0.743. The molecule has 1 saturated heterocycles. The summed E-state index contributed by atoms with van der Waals surface area (Å²) >= 11 is 2.59. The molecule has 0 aliphatic carbocycles. The standard InChI is InChI=1S/C18H18N2O2S.C18H15NO4S/c1-22-15-7-5-13(6-8-15)17(21)14-4-2-3-12(9-14)10-16-11-20-18(19)23-16;1-23-14-7-5-12(6-8-14)16(20)13-4-2-3-11(9-13)10-15-17(21)19-18(22)24-15/h2-9,16H,10-11H2,1H3,(H2,19,20);2-9,15H,10H2,1H3,(H,19,21,22). The van der Waals surface area contributed by atoms with Gasteiger partial charge in [-0.05, 0) is 84.6 Å². The number of nitrogens with zero attached hydrogens (tertiary/aromatic N) is 1. The van der Waals surface area contributed by atoms with Crippen molar-refractivity contribution in [3.63, 3.8) is 0 Å². The van der Waals surface area contributed by atoms with Crippen LogP contribution in [0, 0.1) is 0 Å². The number of nitrogens with one attached hydrogen (secondary N) is 1. The lowest BCUT2D eigenvalue weighted by Crippen LogP contribution is -2.25. The van der Waals surface area contributed by atoms with Crippen molar-refractivity contribution < 1.29 is 28.7 Å². The van der Waals surface area contributed by atoms with Crippen LogP contribution in [-0.4, -0.2) is 59.1 Å². The van der Waals surface area contributed by atoms with Gasteiger partial charge in [-0.25, -0.2) is 0 Å². The number of hydrogen-bond acceptors (Lipinski definition) is 10. The summed E-state index contributed by atoms with van der Waals surface area (Å²) in [5.41, 5.74) is 10.2. The average Bonchev–Trinajstić information content (AvgIpc) is 3.66. The van der Waals surface area contributed by atoms with E-state index in [4.69, 9.17) is 15.2 Å². The normalized spacial score (nSPS) is 16.9. The number of ketones is 2. The van der Waals surface area contributed by atoms with E-state index in [1.807, 2.05) is 30.3 Å². The SMILES string of the molecule is COc1ccc(C(=O)c2cccc(CC3CN=C(N)S3)c2)cc1.COc1ccc(C(=O)c2cccc(CC3SC(=O)NC3=O)c2)cc1. The van der Waals surface area contributed by atoms with Crippen molar-refractivity contribution in [2.45, 2.75) is 23.3 Å². The molecule has 0 spiro atoms. The smallest absolute Gasteiger partial charge is 0.286 e. The molecule has 6 rings (SSSR count). The molecule has 0 aromatic heterocycles. The Morgan fingerprint density at radius 1 is 0.745 bits per heavy atom. The fraction of sp³-hybridized carbons (Fsp3) is 0.194. The molecular formula is C36H33N3O6S2. The van der Waals surface area contributed by atoms with Crippen molar-refractivity contribution in [2.24, 2.45) is 10.7 Å². The van der Waals surface area contributed by atoms with Gasteiger partial charge in [-0.15, -0.1) is 0 Å². The molecule has 11 heteroatoms. The number of methoxy groups -OCH3 is 2. The first-order valence-electron chi connectivity index (χ1n) is 14.8. The van der Waals surface area contributed by atoms with E-state index in [0.717, 1.165) is 41.6 Å². The molecule has 240 valence electrons. The topological polar surface area (TPSA) is 137 Å². The summed E-state index contributed by atoms with van der Waals surface area (Å²) in [7, 11) is 3.18. The van der Waals surface area contributed by atoms with Crippen LogP contribution in [0.1, 0.15) is 43.0 Å². The number of benzene rings is 4. The van der Waals surface area contributed by atoms with Gasteiger partial charge in [-0.3, -0.25) is 29.5 Å². The molecule has 2 unspecified atom stereocenters. The number of amidine groups is 1. The van der Waals surface area contributed by atoms with Crippen LogP contribution in [0.25, 0.3) is 0 Å². The molecule has 1 fully saturated rings. The first kappa shape index (κ1) is 33.5. The van der Waals surface area contributed by atoms with Crippen molar-refractivity contribution in [1.82, 2.24) is 5.32 Å². The number of aliphatic imine (C=N–C) groups is 1. The molecule has 0 saturated carbocycles. The quantitative estimate of drug-likeness (QED) is 0.204. The molecule has 47 heavy (non-hydrogen) atoms. The maximum atomic E-state index is 12.6. The van der Waals surface area contributed by atoms with Gasteiger partial charge in [-0.2, -0.15) is 0 Å². The zero-order valence-electron chi connectivity index (χ0n) is 25.8. The van der Waals surface area contributed by atoms with Crippen molar-refractivity contribution in [1.29, 1.82) is 0 Å². The van der Waals surface area contributed by atoms with E-state index in [-0.39, 0.29) is 22.7 Å². The molecule has 4 aromatic carbocycles. The van der Waals surface area contributed by atoms with Crippen LogP contribution < -0.4 is 20.5 Å². The third-order valence-corrected chi connectivity index (χ3v) is 9.47. The van der Waals surface area contributed by atoms with E-state index in [9.17, 15) is 19.2 Å². The van der Waals surface area contributed by atoms with Crippen LogP contribution >= 0.6 is 23.5 Å². The number of hydrogen-bond donors (Lipinski definition) is 2. The monoisotopic (exact) mass is 667 g/mol.